The summed E-state index contributed by atoms with van der Waals surface area (Å²) in [6, 6.07) is 17.2. The molecule has 5 nitrogen and oxygen atoms in total. The second-order valence-electron chi connectivity index (χ2n) is 6.64. The lowest BCUT2D eigenvalue weighted by molar-refractivity contribution is -0.117. The van der Waals surface area contributed by atoms with Crippen LogP contribution >= 0.6 is 0 Å². The quantitative estimate of drug-likeness (QED) is 0.590. The van der Waals surface area contributed by atoms with Crippen LogP contribution < -0.4 is 19.5 Å². The van der Waals surface area contributed by atoms with Crippen molar-refractivity contribution in [2.75, 3.05) is 21.3 Å². The first-order valence-corrected chi connectivity index (χ1v) is 9.32. The number of carbonyl (C=O) groups is 1. The summed E-state index contributed by atoms with van der Waals surface area (Å²) >= 11 is 0. The van der Waals surface area contributed by atoms with Gasteiger partial charge >= 0.3 is 0 Å². The van der Waals surface area contributed by atoms with Crippen LogP contribution in [0.2, 0.25) is 0 Å². The summed E-state index contributed by atoms with van der Waals surface area (Å²) in [5.41, 5.74) is 1.80. The lowest BCUT2D eigenvalue weighted by Gasteiger charge is -2.17. The van der Waals surface area contributed by atoms with E-state index >= 15 is 0 Å². The molecule has 0 bridgehead atoms. The van der Waals surface area contributed by atoms with Crippen molar-refractivity contribution in [3.05, 3.63) is 71.8 Å². The van der Waals surface area contributed by atoms with E-state index in [0.29, 0.717) is 11.5 Å². The molecule has 0 saturated carbocycles. The molecular weight excluding hydrogens is 366 g/mol. The fourth-order valence-electron chi connectivity index (χ4n) is 3.16. The first-order valence-electron chi connectivity index (χ1n) is 9.32. The van der Waals surface area contributed by atoms with Crippen molar-refractivity contribution in [3.63, 3.8) is 0 Å². The third-order valence-electron chi connectivity index (χ3n) is 4.76. The van der Waals surface area contributed by atoms with E-state index in [4.69, 9.17) is 14.2 Å². The van der Waals surface area contributed by atoms with Gasteiger partial charge in [0.1, 0.15) is 17.2 Å². The number of fused-ring (bicyclic) bond motifs is 1. The Morgan fingerprint density at radius 3 is 2.24 bits per heavy atom. The minimum atomic E-state index is -0.235. The predicted octanol–water partition coefficient (Wildman–Crippen LogP) is 4.76. The summed E-state index contributed by atoms with van der Waals surface area (Å²) < 4.78 is 15.9. The maximum atomic E-state index is 12.4. The highest BCUT2D eigenvalue weighted by atomic mass is 16.5. The smallest absolute Gasteiger partial charge is 0.244 e. The molecule has 0 fully saturated rings. The molecule has 0 aliphatic rings. The van der Waals surface area contributed by atoms with E-state index < -0.39 is 0 Å². The van der Waals surface area contributed by atoms with Crippen LogP contribution in [0.4, 0.5) is 0 Å². The van der Waals surface area contributed by atoms with Crippen LogP contribution in [0, 0.1) is 0 Å². The van der Waals surface area contributed by atoms with Gasteiger partial charge in [-0.1, -0.05) is 18.2 Å². The lowest BCUT2D eigenvalue weighted by Crippen LogP contribution is -2.25. The van der Waals surface area contributed by atoms with Gasteiger partial charge in [0.2, 0.25) is 5.91 Å². The number of carbonyl (C=O) groups excluding carboxylic acids is 1. The van der Waals surface area contributed by atoms with Gasteiger partial charge in [0, 0.05) is 11.6 Å². The van der Waals surface area contributed by atoms with Crippen LogP contribution in [0.3, 0.4) is 0 Å². The van der Waals surface area contributed by atoms with Crippen molar-refractivity contribution in [1.82, 2.24) is 5.32 Å². The summed E-state index contributed by atoms with van der Waals surface area (Å²) in [6.45, 7) is 1.91. The van der Waals surface area contributed by atoms with Gasteiger partial charge < -0.3 is 19.5 Å². The molecular formula is C24H25NO4. The van der Waals surface area contributed by atoms with Crippen LogP contribution in [-0.4, -0.2) is 27.2 Å². The highest BCUT2D eigenvalue weighted by Gasteiger charge is 2.14. The van der Waals surface area contributed by atoms with E-state index in [2.05, 4.69) is 5.32 Å². The SMILES string of the molecule is COc1ccc(OC)c([C@@H](C)NC(=O)/C=C/c2ccc3cc(OC)ccc3c2)c1. The highest BCUT2D eigenvalue weighted by molar-refractivity contribution is 5.93. The largest absolute Gasteiger partial charge is 0.497 e. The van der Waals surface area contributed by atoms with Crippen molar-refractivity contribution < 1.29 is 19.0 Å². The zero-order valence-electron chi connectivity index (χ0n) is 17.1. The van der Waals surface area contributed by atoms with Crippen LogP contribution in [0.1, 0.15) is 24.1 Å². The number of methoxy groups -OCH3 is 3. The zero-order chi connectivity index (χ0) is 20.8. The molecule has 1 atom stereocenters. The van der Waals surface area contributed by atoms with Crippen LogP contribution in [0.25, 0.3) is 16.8 Å². The van der Waals surface area contributed by atoms with E-state index in [9.17, 15) is 4.79 Å². The number of hydrogen-bond donors (Lipinski definition) is 1. The fraction of sp³-hybridized carbons (Fsp3) is 0.208. The standard InChI is InChI=1S/C24H25NO4/c1-16(22-15-21(28-3)10-11-23(22)29-4)25-24(26)12-6-17-5-7-19-14-20(27-2)9-8-18(19)13-17/h5-16H,1-4H3,(H,25,26)/b12-6+/t16-/m1/s1. The Labute approximate surface area is 170 Å². The molecule has 1 amide bonds. The number of hydrogen-bond acceptors (Lipinski definition) is 4. The Morgan fingerprint density at radius 2 is 1.52 bits per heavy atom. The van der Waals surface area contributed by atoms with E-state index in [1.807, 2.05) is 61.5 Å². The van der Waals surface area contributed by atoms with Gasteiger partial charge in [-0.15, -0.1) is 0 Å². The first-order chi connectivity index (χ1) is 14.0. The Hall–Kier alpha value is -3.47. The predicted molar refractivity (Wildman–Crippen MR) is 116 cm³/mol. The monoisotopic (exact) mass is 391 g/mol. The van der Waals surface area contributed by atoms with Crippen molar-refractivity contribution in [1.29, 1.82) is 0 Å². The second-order valence-corrected chi connectivity index (χ2v) is 6.64. The Morgan fingerprint density at radius 1 is 0.862 bits per heavy atom. The molecule has 1 N–H and O–H groups in total. The average Bonchev–Trinajstić information content (AvgIpc) is 2.76. The zero-order valence-corrected chi connectivity index (χ0v) is 17.1. The Balaban J connectivity index is 1.71. The van der Waals surface area contributed by atoms with E-state index in [0.717, 1.165) is 27.6 Å². The summed E-state index contributed by atoms with van der Waals surface area (Å²) in [4.78, 5) is 12.4. The van der Waals surface area contributed by atoms with E-state index in [1.54, 1.807) is 27.4 Å². The van der Waals surface area contributed by atoms with Crippen molar-refractivity contribution in [3.8, 4) is 17.2 Å². The van der Waals surface area contributed by atoms with Gasteiger partial charge in [0.25, 0.3) is 0 Å². The fourth-order valence-corrected chi connectivity index (χ4v) is 3.16. The summed E-state index contributed by atoms with van der Waals surface area (Å²) in [7, 11) is 4.87. The highest BCUT2D eigenvalue weighted by Crippen LogP contribution is 2.29. The number of ether oxygens (including phenoxy) is 3. The molecule has 0 aromatic heterocycles. The number of rotatable bonds is 7. The van der Waals surface area contributed by atoms with Gasteiger partial charge in [0.15, 0.2) is 0 Å². The molecule has 29 heavy (non-hydrogen) atoms. The van der Waals surface area contributed by atoms with E-state index in [-0.39, 0.29) is 11.9 Å². The minimum Gasteiger partial charge on any atom is -0.497 e. The summed E-state index contributed by atoms with van der Waals surface area (Å²) in [6.07, 6.45) is 3.34. The second kappa shape index (κ2) is 9.15. The molecule has 0 radical (unpaired) electrons. The molecule has 0 spiro atoms. The Bertz CT molecular complexity index is 1040. The third-order valence-corrected chi connectivity index (χ3v) is 4.76. The molecule has 150 valence electrons. The average molecular weight is 391 g/mol. The summed E-state index contributed by atoms with van der Waals surface area (Å²) in [5.74, 6) is 2.05. The molecule has 3 rings (SSSR count). The van der Waals surface area contributed by atoms with Crippen LogP contribution in [0.15, 0.2) is 60.7 Å². The van der Waals surface area contributed by atoms with Gasteiger partial charge in [-0.2, -0.15) is 0 Å². The first kappa shape index (κ1) is 20.3. The van der Waals surface area contributed by atoms with Crippen molar-refractivity contribution in [2.24, 2.45) is 0 Å². The van der Waals surface area contributed by atoms with Gasteiger partial charge in [-0.3, -0.25) is 4.79 Å². The normalized spacial score (nSPS) is 12.0. The maximum Gasteiger partial charge on any atom is 0.244 e. The number of amides is 1. The molecule has 3 aromatic rings. The van der Waals surface area contributed by atoms with Crippen LogP contribution in [-0.2, 0) is 4.79 Å². The summed E-state index contributed by atoms with van der Waals surface area (Å²) in [5, 5.41) is 5.14. The molecule has 0 saturated heterocycles. The maximum absolute atomic E-state index is 12.4. The molecule has 3 aromatic carbocycles. The van der Waals surface area contributed by atoms with Crippen LogP contribution in [0.5, 0.6) is 17.2 Å². The van der Waals surface area contributed by atoms with Gasteiger partial charge in [0.05, 0.1) is 27.4 Å². The van der Waals surface area contributed by atoms with Crippen molar-refractivity contribution in [2.45, 2.75) is 13.0 Å². The van der Waals surface area contributed by atoms with E-state index in [1.165, 1.54) is 6.08 Å². The minimum absolute atomic E-state index is 0.183. The third kappa shape index (κ3) is 4.88. The Kier molecular flexibility index (Phi) is 6.39. The molecule has 0 aliphatic heterocycles. The molecule has 5 heteroatoms. The number of benzene rings is 3. The van der Waals surface area contributed by atoms with Gasteiger partial charge in [-0.25, -0.2) is 0 Å². The lowest BCUT2D eigenvalue weighted by atomic mass is 10.1. The number of nitrogens with one attached hydrogen (secondary N) is 1. The molecule has 0 aliphatic carbocycles. The van der Waals surface area contributed by atoms with Crippen molar-refractivity contribution >= 4 is 22.8 Å². The molecule has 0 heterocycles. The molecule has 0 unspecified atom stereocenters. The van der Waals surface area contributed by atoms with Gasteiger partial charge in [-0.05, 0) is 65.7 Å². The topological polar surface area (TPSA) is 56.8 Å².